The van der Waals surface area contributed by atoms with Crippen LogP contribution in [-0.4, -0.2) is 41.6 Å². The zero-order valence-electron chi connectivity index (χ0n) is 14.8. The van der Waals surface area contributed by atoms with E-state index in [9.17, 15) is 14.4 Å². The van der Waals surface area contributed by atoms with E-state index in [1.54, 1.807) is 25.1 Å². The van der Waals surface area contributed by atoms with Gasteiger partial charge in [-0.05, 0) is 44.4 Å². The molecular weight excluding hydrogens is 338 g/mol. The van der Waals surface area contributed by atoms with Crippen molar-refractivity contribution < 1.29 is 23.8 Å². The third kappa shape index (κ3) is 3.56. The summed E-state index contributed by atoms with van der Waals surface area (Å²) in [5, 5.41) is 9.93. The molecule has 2 heterocycles. The average Bonchev–Trinajstić information content (AvgIpc) is 2.64. The number of likely N-dealkylation sites (tertiary alicyclic amines) is 1. The first-order valence-electron chi connectivity index (χ1n) is 8.54. The second-order valence-corrected chi connectivity index (χ2v) is 6.60. The molecule has 0 aliphatic carbocycles. The molecule has 7 nitrogen and oxygen atoms in total. The van der Waals surface area contributed by atoms with Gasteiger partial charge in [-0.2, -0.15) is 0 Å². The highest BCUT2D eigenvalue weighted by Gasteiger charge is 2.28. The highest BCUT2D eigenvalue weighted by Crippen LogP contribution is 2.24. The number of nitrogens with zero attached hydrogens (tertiary/aromatic N) is 1. The van der Waals surface area contributed by atoms with Crippen molar-refractivity contribution in [3.05, 3.63) is 39.7 Å². The fourth-order valence-corrected chi connectivity index (χ4v) is 3.16. The number of carboxylic acid groups (broad SMARTS) is 1. The van der Waals surface area contributed by atoms with Gasteiger partial charge in [-0.3, -0.25) is 9.59 Å². The topological polar surface area (TPSA) is 97.1 Å². The summed E-state index contributed by atoms with van der Waals surface area (Å²) < 4.78 is 10.8. The van der Waals surface area contributed by atoms with E-state index in [0.29, 0.717) is 36.3 Å². The van der Waals surface area contributed by atoms with Crippen LogP contribution >= 0.6 is 0 Å². The number of aryl methyl sites for hydroxylation is 1. The second kappa shape index (κ2) is 7.19. The summed E-state index contributed by atoms with van der Waals surface area (Å²) in [6.45, 7) is 4.13. The van der Waals surface area contributed by atoms with E-state index < -0.39 is 17.5 Å². The number of carboxylic acids is 1. The Morgan fingerprint density at radius 3 is 2.81 bits per heavy atom. The molecule has 1 N–H and O–H groups in total. The van der Waals surface area contributed by atoms with Crippen molar-refractivity contribution in [3.8, 4) is 5.75 Å². The van der Waals surface area contributed by atoms with Gasteiger partial charge in [0.2, 0.25) is 0 Å². The summed E-state index contributed by atoms with van der Waals surface area (Å²) in [7, 11) is 0. The highest BCUT2D eigenvalue weighted by atomic mass is 16.5. The highest BCUT2D eigenvalue weighted by molar-refractivity contribution is 5.83. The molecule has 1 aliphatic heterocycles. The van der Waals surface area contributed by atoms with Crippen molar-refractivity contribution >= 4 is 22.8 Å². The number of amides is 1. The monoisotopic (exact) mass is 359 g/mol. The Morgan fingerprint density at radius 2 is 2.08 bits per heavy atom. The largest absolute Gasteiger partial charge is 0.484 e. The minimum Gasteiger partial charge on any atom is -0.484 e. The second-order valence-electron chi connectivity index (χ2n) is 6.60. The number of benzene rings is 1. The number of aliphatic carboxylic acids is 1. The van der Waals surface area contributed by atoms with E-state index in [2.05, 4.69) is 0 Å². The lowest BCUT2D eigenvalue weighted by Crippen LogP contribution is -2.44. The van der Waals surface area contributed by atoms with Gasteiger partial charge in [-0.15, -0.1) is 0 Å². The first-order valence-corrected chi connectivity index (χ1v) is 8.54. The number of piperidine rings is 1. The van der Waals surface area contributed by atoms with E-state index in [1.807, 2.05) is 6.92 Å². The fraction of sp³-hybridized carbons (Fsp3) is 0.421. The molecule has 0 unspecified atom stereocenters. The molecule has 2 aromatic rings. The summed E-state index contributed by atoms with van der Waals surface area (Å²) in [6, 6.07) is 5.10. The first kappa shape index (κ1) is 18.0. The number of hydrogen-bond donors (Lipinski definition) is 1. The quantitative estimate of drug-likeness (QED) is 0.840. The molecule has 138 valence electrons. The van der Waals surface area contributed by atoms with Gasteiger partial charge in [-0.25, -0.2) is 4.79 Å². The molecule has 0 bridgehead atoms. The van der Waals surface area contributed by atoms with Gasteiger partial charge in [0.25, 0.3) is 5.91 Å². The molecule has 3 rings (SSSR count). The fourth-order valence-electron chi connectivity index (χ4n) is 3.16. The predicted octanol–water partition coefficient (Wildman–Crippen LogP) is 2.11. The Labute approximate surface area is 150 Å². The summed E-state index contributed by atoms with van der Waals surface area (Å²) in [6.07, 6.45) is 1.25. The Balaban J connectivity index is 1.69. The van der Waals surface area contributed by atoms with Crippen LogP contribution in [-0.2, 0) is 9.59 Å². The number of rotatable bonds is 4. The lowest BCUT2D eigenvalue weighted by Gasteiger charge is -2.30. The van der Waals surface area contributed by atoms with Crippen molar-refractivity contribution in [2.45, 2.75) is 26.7 Å². The van der Waals surface area contributed by atoms with Crippen molar-refractivity contribution in [1.29, 1.82) is 0 Å². The molecule has 1 aromatic heterocycles. The van der Waals surface area contributed by atoms with Crippen LogP contribution in [0.4, 0.5) is 0 Å². The molecule has 0 saturated carbocycles. The Morgan fingerprint density at radius 1 is 1.31 bits per heavy atom. The van der Waals surface area contributed by atoms with Crippen LogP contribution in [0.25, 0.3) is 11.0 Å². The van der Waals surface area contributed by atoms with Gasteiger partial charge in [-0.1, -0.05) is 0 Å². The average molecular weight is 359 g/mol. The molecule has 1 saturated heterocycles. The third-order valence-electron chi connectivity index (χ3n) is 4.91. The van der Waals surface area contributed by atoms with E-state index in [0.717, 1.165) is 10.9 Å². The van der Waals surface area contributed by atoms with Crippen molar-refractivity contribution in [3.63, 3.8) is 0 Å². The van der Waals surface area contributed by atoms with Gasteiger partial charge in [0, 0.05) is 30.1 Å². The minimum atomic E-state index is -0.876. The maximum absolute atomic E-state index is 12.3. The SMILES string of the molecule is Cc1c(C)c2ccc(OCC(=O)N3CCC[C@H](C(=O)O)C3)cc2oc1=O. The van der Waals surface area contributed by atoms with Crippen LogP contribution in [0.2, 0.25) is 0 Å². The third-order valence-corrected chi connectivity index (χ3v) is 4.91. The van der Waals surface area contributed by atoms with Gasteiger partial charge < -0.3 is 19.2 Å². The number of hydrogen-bond acceptors (Lipinski definition) is 5. The summed E-state index contributed by atoms with van der Waals surface area (Å²) in [5.41, 5.74) is 1.44. The van der Waals surface area contributed by atoms with E-state index in [4.69, 9.17) is 14.3 Å². The molecule has 1 aliphatic rings. The minimum absolute atomic E-state index is 0.188. The summed E-state index contributed by atoms with van der Waals surface area (Å²) >= 11 is 0. The molecular formula is C19H21NO6. The maximum Gasteiger partial charge on any atom is 0.339 e. The van der Waals surface area contributed by atoms with Crippen LogP contribution in [0.1, 0.15) is 24.0 Å². The van der Waals surface area contributed by atoms with Crippen LogP contribution in [0.15, 0.2) is 27.4 Å². The molecule has 26 heavy (non-hydrogen) atoms. The van der Waals surface area contributed by atoms with Crippen LogP contribution in [0.5, 0.6) is 5.75 Å². The van der Waals surface area contributed by atoms with Crippen LogP contribution in [0.3, 0.4) is 0 Å². The zero-order chi connectivity index (χ0) is 18.8. The molecule has 1 atom stereocenters. The van der Waals surface area contributed by atoms with Crippen LogP contribution in [0, 0.1) is 19.8 Å². The molecule has 0 radical (unpaired) electrons. The standard InChI is InChI=1S/C19H21NO6/c1-11-12(2)19(24)26-16-8-14(5-6-15(11)16)25-10-17(21)20-7-3-4-13(9-20)18(22)23/h5-6,8,13H,3-4,7,9-10H2,1-2H3,(H,22,23)/t13-/m0/s1. The van der Waals surface area contributed by atoms with Crippen molar-refractivity contribution in [2.24, 2.45) is 5.92 Å². The molecule has 1 fully saturated rings. The van der Waals surface area contributed by atoms with E-state index >= 15 is 0 Å². The van der Waals surface area contributed by atoms with Crippen molar-refractivity contribution in [1.82, 2.24) is 4.90 Å². The first-order chi connectivity index (χ1) is 12.4. The van der Waals surface area contributed by atoms with Crippen LogP contribution < -0.4 is 10.4 Å². The Kier molecular flexibility index (Phi) is 4.97. The number of carbonyl (C=O) groups excluding carboxylic acids is 1. The van der Waals surface area contributed by atoms with Gasteiger partial charge >= 0.3 is 11.6 Å². The Bertz CT molecular complexity index is 916. The smallest absolute Gasteiger partial charge is 0.339 e. The van der Waals surface area contributed by atoms with Gasteiger partial charge in [0.15, 0.2) is 6.61 Å². The van der Waals surface area contributed by atoms with Gasteiger partial charge in [0.1, 0.15) is 11.3 Å². The van der Waals surface area contributed by atoms with Gasteiger partial charge in [0.05, 0.1) is 5.92 Å². The lowest BCUT2D eigenvalue weighted by atomic mass is 9.98. The Hall–Kier alpha value is -2.83. The van der Waals surface area contributed by atoms with E-state index in [-0.39, 0.29) is 19.1 Å². The summed E-state index contributed by atoms with van der Waals surface area (Å²) in [5.74, 6) is -1.23. The summed E-state index contributed by atoms with van der Waals surface area (Å²) in [4.78, 5) is 36.7. The lowest BCUT2D eigenvalue weighted by molar-refractivity contribution is -0.146. The number of ether oxygens (including phenoxy) is 1. The van der Waals surface area contributed by atoms with Crippen molar-refractivity contribution in [2.75, 3.05) is 19.7 Å². The molecule has 1 aromatic carbocycles. The number of carbonyl (C=O) groups is 2. The zero-order valence-corrected chi connectivity index (χ0v) is 14.8. The predicted molar refractivity (Wildman–Crippen MR) is 94.4 cm³/mol. The normalized spacial score (nSPS) is 17.3. The van der Waals surface area contributed by atoms with E-state index in [1.165, 1.54) is 4.90 Å². The maximum atomic E-state index is 12.3. The molecule has 7 heteroatoms. The molecule has 1 amide bonds. The molecule has 0 spiro atoms. The number of fused-ring (bicyclic) bond motifs is 1.